The molecule has 0 bridgehead atoms. The first-order valence-corrected chi connectivity index (χ1v) is 4.78. The number of aliphatic hydroxyl groups excluding tert-OH is 1. The fraction of sp³-hybridized carbons (Fsp3) is 0.500. The van der Waals surface area contributed by atoms with Crippen molar-refractivity contribution < 1.29 is 5.11 Å². The van der Waals surface area contributed by atoms with Gasteiger partial charge in [0.2, 0.25) is 0 Å². The number of anilines is 2. The lowest BCUT2D eigenvalue weighted by Crippen LogP contribution is -2.19. The predicted octanol–water partition coefficient (Wildman–Crippen LogP) is 0.872. The van der Waals surface area contributed by atoms with Gasteiger partial charge in [0, 0.05) is 20.2 Å². The average Bonchev–Trinajstić information content (AvgIpc) is 2.74. The number of aliphatic hydroxyl groups is 1. The Hall–Kier alpha value is -1.29. The van der Waals surface area contributed by atoms with Crippen LogP contribution in [0.25, 0.3) is 0 Å². The van der Waals surface area contributed by atoms with E-state index >= 15 is 0 Å². The van der Waals surface area contributed by atoms with E-state index in [2.05, 4.69) is 9.88 Å². The zero-order valence-electron chi connectivity index (χ0n) is 8.48. The molecule has 0 spiro atoms. The summed E-state index contributed by atoms with van der Waals surface area (Å²) >= 11 is 0. The summed E-state index contributed by atoms with van der Waals surface area (Å²) in [6, 6.07) is 5.79. The van der Waals surface area contributed by atoms with E-state index in [4.69, 9.17) is 10.8 Å². The highest BCUT2D eigenvalue weighted by molar-refractivity contribution is 5.45. The third-order valence-electron chi connectivity index (χ3n) is 2.19. The number of hydrogen-bond acceptors (Lipinski definition) is 4. The second-order valence-corrected chi connectivity index (χ2v) is 3.11. The zero-order valence-corrected chi connectivity index (χ0v) is 8.48. The molecule has 1 aromatic rings. The van der Waals surface area contributed by atoms with Crippen LogP contribution in [-0.2, 0) is 0 Å². The van der Waals surface area contributed by atoms with Crippen LogP contribution >= 0.6 is 0 Å². The summed E-state index contributed by atoms with van der Waals surface area (Å²) in [5.41, 5.74) is 5.59. The van der Waals surface area contributed by atoms with Crippen molar-refractivity contribution in [3.63, 3.8) is 0 Å². The summed E-state index contributed by atoms with van der Waals surface area (Å²) in [6.07, 6.45) is 2.55. The Labute approximate surface area is 84.4 Å². The van der Waals surface area contributed by atoms with Crippen molar-refractivity contribution in [1.29, 1.82) is 0 Å². The molecule has 0 radical (unpaired) electrons. The van der Waals surface area contributed by atoms with Gasteiger partial charge in [-0.2, -0.15) is 0 Å². The molecule has 1 aliphatic rings. The summed E-state index contributed by atoms with van der Waals surface area (Å²) in [6.45, 7) is 2.24. The lowest BCUT2D eigenvalue weighted by Gasteiger charge is -2.15. The van der Waals surface area contributed by atoms with Crippen molar-refractivity contribution in [3.8, 4) is 0 Å². The summed E-state index contributed by atoms with van der Waals surface area (Å²) < 4.78 is 0. The molecule has 4 heteroatoms. The molecule has 1 fully saturated rings. The molecule has 3 N–H and O–H groups in total. The van der Waals surface area contributed by atoms with Crippen molar-refractivity contribution in [1.82, 2.24) is 4.98 Å². The third kappa shape index (κ3) is 2.60. The van der Waals surface area contributed by atoms with E-state index in [0.29, 0.717) is 5.82 Å². The quantitative estimate of drug-likeness (QED) is 0.698. The van der Waals surface area contributed by atoms with Crippen molar-refractivity contribution in [2.75, 3.05) is 30.8 Å². The molecule has 2 rings (SSSR count). The molecule has 1 saturated heterocycles. The summed E-state index contributed by atoms with van der Waals surface area (Å²) in [4.78, 5) is 6.53. The number of rotatable bonds is 1. The highest BCUT2D eigenvalue weighted by Crippen LogP contribution is 2.17. The molecular formula is C10H17N3O. The molecule has 0 amide bonds. The van der Waals surface area contributed by atoms with Crippen molar-refractivity contribution >= 4 is 11.6 Å². The molecule has 4 nitrogen and oxygen atoms in total. The van der Waals surface area contributed by atoms with Gasteiger partial charge in [0.05, 0.1) is 0 Å². The van der Waals surface area contributed by atoms with E-state index < -0.39 is 0 Å². The average molecular weight is 195 g/mol. The first-order chi connectivity index (χ1) is 6.86. The van der Waals surface area contributed by atoms with Gasteiger partial charge in [0.25, 0.3) is 0 Å². The van der Waals surface area contributed by atoms with E-state index in [1.165, 1.54) is 12.8 Å². The summed E-state index contributed by atoms with van der Waals surface area (Å²) in [7, 11) is 1.00. The maximum absolute atomic E-state index is 7.00. The molecule has 1 aliphatic heterocycles. The van der Waals surface area contributed by atoms with Crippen LogP contribution in [-0.4, -0.2) is 30.3 Å². The van der Waals surface area contributed by atoms with E-state index in [-0.39, 0.29) is 0 Å². The maximum atomic E-state index is 7.00. The normalized spacial score (nSPS) is 14.9. The van der Waals surface area contributed by atoms with E-state index in [1.807, 2.05) is 18.2 Å². The van der Waals surface area contributed by atoms with Gasteiger partial charge in [0.15, 0.2) is 0 Å². The van der Waals surface area contributed by atoms with Crippen LogP contribution in [0.2, 0.25) is 0 Å². The van der Waals surface area contributed by atoms with Crippen molar-refractivity contribution in [2.45, 2.75) is 12.8 Å². The number of aromatic nitrogens is 1. The van der Waals surface area contributed by atoms with E-state index in [1.54, 1.807) is 0 Å². The van der Waals surface area contributed by atoms with Crippen LogP contribution in [0, 0.1) is 0 Å². The molecule has 0 saturated carbocycles. The summed E-state index contributed by atoms with van der Waals surface area (Å²) in [5, 5.41) is 7.00. The Balaban J connectivity index is 0.000000461. The monoisotopic (exact) mass is 195 g/mol. The molecule has 0 aliphatic carbocycles. The highest BCUT2D eigenvalue weighted by atomic mass is 16.2. The van der Waals surface area contributed by atoms with E-state index in [9.17, 15) is 0 Å². The van der Waals surface area contributed by atoms with Crippen molar-refractivity contribution in [3.05, 3.63) is 18.2 Å². The minimum Gasteiger partial charge on any atom is -0.400 e. The molecule has 0 aromatic carbocycles. The fourth-order valence-electron chi connectivity index (χ4n) is 1.56. The lowest BCUT2D eigenvalue weighted by molar-refractivity contribution is 0.399. The molecule has 78 valence electrons. The Morgan fingerprint density at radius 3 is 2.50 bits per heavy atom. The lowest BCUT2D eigenvalue weighted by atomic mass is 10.4. The third-order valence-corrected chi connectivity index (χ3v) is 2.19. The molecular weight excluding hydrogens is 178 g/mol. The van der Waals surface area contributed by atoms with Gasteiger partial charge in [-0.25, -0.2) is 4.98 Å². The van der Waals surface area contributed by atoms with Crippen LogP contribution in [0.4, 0.5) is 11.6 Å². The second kappa shape index (κ2) is 5.44. The van der Waals surface area contributed by atoms with Gasteiger partial charge in [0.1, 0.15) is 11.6 Å². The molecule has 14 heavy (non-hydrogen) atoms. The van der Waals surface area contributed by atoms with Crippen LogP contribution < -0.4 is 10.6 Å². The number of nitrogens with two attached hydrogens (primary N) is 1. The first-order valence-electron chi connectivity index (χ1n) is 4.78. The summed E-state index contributed by atoms with van der Waals surface area (Å²) in [5.74, 6) is 1.63. The van der Waals surface area contributed by atoms with Crippen LogP contribution in [0.5, 0.6) is 0 Å². The minimum atomic E-state index is 0.611. The first kappa shape index (κ1) is 10.8. The van der Waals surface area contributed by atoms with Crippen LogP contribution in [0.15, 0.2) is 18.2 Å². The Kier molecular flexibility index (Phi) is 4.19. The topological polar surface area (TPSA) is 62.4 Å². The largest absolute Gasteiger partial charge is 0.400 e. The fourth-order valence-corrected chi connectivity index (χ4v) is 1.56. The van der Waals surface area contributed by atoms with E-state index in [0.717, 1.165) is 26.0 Å². The minimum absolute atomic E-state index is 0.611. The van der Waals surface area contributed by atoms with Gasteiger partial charge < -0.3 is 15.7 Å². The van der Waals surface area contributed by atoms with Gasteiger partial charge in [-0.3, -0.25) is 0 Å². The SMILES string of the molecule is CO.Nc1cccc(N2CCCC2)n1. The Morgan fingerprint density at radius 1 is 1.29 bits per heavy atom. The van der Waals surface area contributed by atoms with Gasteiger partial charge in [-0.15, -0.1) is 0 Å². The molecule has 0 atom stereocenters. The van der Waals surface area contributed by atoms with Crippen LogP contribution in [0.3, 0.4) is 0 Å². The van der Waals surface area contributed by atoms with Gasteiger partial charge >= 0.3 is 0 Å². The highest BCUT2D eigenvalue weighted by Gasteiger charge is 2.12. The maximum Gasteiger partial charge on any atom is 0.130 e. The Bertz CT molecular complexity index is 272. The van der Waals surface area contributed by atoms with Gasteiger partial charge in [-0.1, -0.05) is 6.07 Å². The molecule has 0 unspecified atom stereocenters. The number of pyridine rings is 1. The standard InChI is InChI=1S/C9H13N3.CH4O/c10-8-4-3-5-9(11-8)12-6-1-2-7-12;1-2/h3-5H,1-2,6-7H2,(H2,10,11);2H,1H3. The van der Waals surface area contributed by atoms with Crippen molar-refractivity contribution in [2.24, 2.45) is 0 Å². The number of nitrogens with zero attached hydrogens (tertiary/aromatic N) is 2. The zero-order chi connectivity index (χ0) is 10.4. The van der Waals surface area contributed by atoms with Gasteiger partial charge in [-0.05, 0) is 25.0 Å². The predicted molar refractivity (Wildman–Crippen MR) is 58.2 cm³/mol. The number of hydrogen-bond donors (Lipinski definition) is 2. The smallest absolute Gasteiger partial charge is 0.130 e. The Morgan fingerprint density at radius 2 is 1.93 bits per heavy atom. The van der Waals surface area contributed by atoms with Crippen LogP contribution in [0.1, 0.15) is 12.8 Å². The number of nitrogen functional groups attached to an aromatic ring is 1. The second-order valence-electron chi connectivity index (χ2n) is 3.11. The molecule has 2 heterocycles. The molecule has 1 aromatic heterocycles.